The summed E-state index contributed by atoms with van der Waals surface area (Å²) in [6, 6.07) is 12.3. The Hall–Kier alpha value is -4.13. The monoisotopic (exact) mass is 485 g/mol. The van der Waals surface area contributed by atoms with Crippen LogP contribution < -0.4 is 25.6 Å². The van der Waals surface area contributed by atoms with Crippen LogP contribution in [0.1, 0.15) is 69.7 Å². The highest BCUT2D eigenvalue weighted by molar-refractivity contribution is 6.01. The van der Waals surface area contributed by atoms with E-state index in [0.717, 1.165) is 71.7 Å². The summed E-state index contributed by atoms with van der Waals surface area (Å²) in [5.74, 6) is -0.948. The van der Waals surface area contributed by atoms with Crippen LogP contribution in [0.3, 0.4) is 0 Å². The molecule has 0 atom stereocenters. The Balaban J connectivity index is 0.00000130. The SMILES string of the molecule is CC.O=C(O)c1ccc(C(=O)O)c(C2=c3cc4c(cc3Oc3cc5c(cc32)CCCN5)=[NH+]CCC4)c1. The lowest BCUT2D eigenvalue weighted by Crippen LogP contribution is -2.79. The third-order valence-corrected chi connectivity index (χ3v) is 6.81. The molecule has 3 aromatic carbocycles. The lowest BCUT2D eigenvalue weighted by atomic mass is 9.86. The van der Waals surface area contributed by atoms with Gasteiger partial charge in [-0.25, -0.2) is 14.6 Å². The molecule has 0 fully saturated rings. The van der Waals surface area contributed by atoms with Crippen molar-refractivity contribution in [2.24, 2.45) is 0 Å². The number of anilines is 1. The molecule has 4 N–H and O–H groups in total. The molecule has 0 saturated heterocycles. The van der Waals surface area contributed by atoms with Gasteiger partial charge in [-0.2, -0.15) is 0 Å². The van der Waals surface area contributed by atoms with Gasteiger partial charge in [-0.05, 0) is 60.7 Å². The summed E-state index contributed by atoms with van der Waals surface area (Å²) >= 11 is 0. The number of benzene rings is 3. The van der Waals surface area contributed by atoms with Crippen molar-refractivity contribution in [3.8, 4) is 11.5 Å². The number of carboxylic acids is 2. The zero-order valence-corrected chi connectivity index (χ0v) is 20.4. The molecular formula is C29H29N2O5+. The number of carboxylic acid groups (broad SMARTS) is 2. The number of hydrogen-bond acceptors (Lipinski definition) is 4. The average Bonchev–Trinajstić information content (AvgIpc) is 2.90. The predicted molar refractivity (Wildman–Crippen MR) is 136 cm³/mol. The Labute approximate surface area is 208 Å². The number of aromatic carboxylic acids is 2. The van der Waals surface area contributed by atoms with E-state index in [4.69, 9.17) is 4.74 Å². The summed E-state index contributed by atoms with van der Waals surface area (Å²) < 4.78 is 6.37. The second-order valence-electron chi connectivity index (χ2n) is 8.92. The van der Waals surface area contributed by atoms with Gasteiger partial charge in [0.2, 0.25) is 5.36 Å². The van der Waals surface area contributed by atoms with Gasteiger partial charge < -0.3 is 20.3 Å². The fraction of sp³-hybridized carbons (Fsp3) is 0.276. The zero-order chi connectivity index (χ0) is 25.4. The van der Waals surface area contributed by atoms with Gasteiger partial charge in [0.05, 0.1) is 17.2 Å². The first kappa shape index (κ1) is 23.6. The number of fused-ring (bicyclic) bond motifs is 4. The second kappa shape index (κ2) is 9.49. The van der Waals surface area contributed by atoms with Gasteiger partial charge in [-0.15, -0.1) is 0 Å². The molecule has 184 valence electrons. The molecule has 0 amide bonds. The number of aryl methyl sites for hydroxylation is 2. The zero-order valence-electron chi connectivity index (χ0n) is 20.4. The minimum Gasteiger partial charge on any atom is -0.478 e. The van der Waals surface area contributed by atoms with Crippen molar-refractivity contribution in [2.75, 3.05) is 18.4 Å². The van der Waals surface area contributed by atoms with E-state index in [9.17, 15) is 19.8 Å². The van der Waals surface area contributed by atoms with Crippen molar-refractivity contribution in [3.05, 3.63) is 86.4 Å². The van der Waals surface area contributed by atoms with Crippen LogP contribution >= 0.6 is 0 Å². The summed E-state index contributed by atoms with van der Waals surface area (Å²) in [6.45, 7) is 5.78. The first-order valence-electron chi connectivity index (χ1n) is 12.5. The van der Waals surface area contributed by atoms with Crippen LogP contribution in [0.2, 0.25) is 0 Å². The first-order chi connectivity index (χ1) is 17.5. The van der Waals surface area contributed by atoms with Crippen LogP contribution in [0.4, 0.5) is 5.69 Å². The average molecular weight is 486 g/mol. The highest BCUT2D eigenvalue weighted by Gasteiger charge is 2.28. The molecule has 7 nitrogen and oxygen atoms in total. The fourth-order valence-corrected chi connectivity index (χ4v) is 5.18. The Morgan fingerprint density at radius 3 is 2.47 bits per heavy atom. The van der Waals surface area contributed by atoms with E-state index in [1.807, 2.05) is 26.0 Å². The largest absolute Gasteiger partial charge is 0.478 e. The van der Waals surface area contributed by atoms with E-state index in [0.29, 0.717) is 22.6 Å². The van der Waals surface area contributed by atoms with Gasteiger partial charge in [-0.3, -0.25) is 0 Å². The predicted octanol–water partition coefficient (Wildman–Crippen LogP) is 2.47. The maximum atomic E-state index is 12.2. The second-order valence-corrected chi connectivity index (χ2v) is 8.92. The third kappa shape index (κ3) is 4.00. The molecule has 0 spiro atoms. The molecule has 3 aromatic rings. The molecule has 3 heterocycles. The van der Waals surface area contributed by atoms with E-state index in [2.05, 4.69) is 22.4 Å². The van der Waals surface area contributed by atoms with E-state index in [1.54, 1.807) is 0 Å². The Morgan fingerprint density at radius 2 is 1.69 bits per heavy atom. The number of hydrogen-bond donors (Lipinski definition) is 4. The van der Waals surface area contributed by atoms with Crippen LogP contribution in [0.25, 0.3) is 5.57 Å². The van der Waals surface area contributed by atoms with E-state index in [1.165, 1.54) is 18.2 Å². The molecule has 0 aliphatic carbocycles. The van der Waals surface area contributed by atoms with Crippen molar-refractivity contribution < 1.29 is 29.5 Å². The highest BCUT2D eigenvalue weighted by atomic mass is 16.5. The molecule has 0 saturated carbocycles. The summed E-state index contributed by atoms with van der Waals surface area (Å²) in [4.78, 5) is 27.4. The Kier molecular flexibility index (Phi) is 6.22. The molecule has 0 radical (unpaired) electrons. The van der Waals surface area contributed by atoms with E-state index in [-0.39, 0.29) is 11.1 Å². The van der Waals surface area contributed by atoms with Crippen LogP contribution in [0.5, 0.6) is 11.5 Å². The fourth-order valence-electron chi connectivity index (χ4n) is 5.18. The van der Waals surface area contributed by atoms with Crippen LogP contribution in [0.15, 0.2) is 42.5 Å². The lowest BCUT2D eigenvalue weighted by Gasteiger charge is -2.26. The smallest absolute Gasteiger partial charge is 0.336 e. The number of ether oxygens (including phenoxy) is 1. The highest BCUT2D eigenvalue weighted by Crippen LogP contribution is 2.41. The minimum absolute atomic E-state index is 0.0429. The van der Waals surface area contributed by atoms with Crippen molar-refractivity contribution in [1.29, 1.82) is 0 Å². The minimum atomic E-state index is -1.10. The van der Waals surface area contributed by atoms with Gasteiger partial charge in [-0.1, -0.05) is 13.8 Å². The van der Waals surface area contributed by atoms with Crippen LogP contribution in [-0.4, -0.2) is 35.2 Å². The van der Waals surface area contributed by atoms with Crippen LogP contribution in [-0.2, 0) is 12.8 Å². The number of rotatable bonds is 3. The number of carbonyl (C=O) groups is 2. The van der Waals surface area contributed by atoms with Crippen molar-refractivity contribution in [1.82, 2.24) is 0 Å². The van der Waals surface area contributed by atoms with Crippen molar-refractivity contribution in [3.63, 3.8) is 0 Å². The van der Waals surface area contributed by atoms with Gasteiger partial charge in [0.15, 0.2) is 0 Å². The van der Waals surface area contributed by atoms with Gasteiger partial charge in [0.25, 0.3) is 0 Å². The molecule has 0 aromatic heterocycles. The van der Waals surface area contributed by atoms with E-state index < -0.39 is 11.9 Å². The van der Waals surface area contributed by atoms with Crippen molar-refractivity contribution >= 4 is 23.2 Å². The molecule has 3 aliphatic heterocycles. The standard InChI is InChI=1S/C27H22N2O5.C2H6/c30-26(31)16-5-6-17(27(32)33)18(11-16)25-19-9-14-3-1-7-28-21(14)12-23(19)34-24-13-22-15(10-20(24)25)4-2-8-29-22;1-2/h5-6,9-13,28H,1-4,7-8H2,(H,30,31)(H,32,33);1-2H3/p+1. The quantitative estimate of drug-likeness (QED) is 0.355. The third-order valence-electron chi connectivity index (χ3n) is 6.81. The molecule has 0 bridgehead atoms. The molecular weight excluding hydrogens is 456 g/mol. The molecule has 3 aliphatic rings. The number of nitrogens with one attached hydrogen (secondary N) is 2. The summed E-state index contributed by atoms with van der Waals surface area (Å²) in [6.07, 6.45) is 3.83. The Bertz CT molecular complexity index is 1520. The molecule has 36 heavy (non-hydrogen) atoms. The van der Waals surface area contributed by atoms with Gasteiger partial charge >= 0.3 is 11.9 Å². The lowest BCUT2D eigenvalue weighted by molar-refractivity contribution is -0.505. The molecule has 6 rings (SSSR count). The van der Waals surface area contributed by atoms with Gasteiger partial charge in [0.1, 0.15) is 18.0 Å². The summed E-state index contributed by atoms with van der Waals surface area (Å²) in [5.41, 5.74) is 5.25. The topological polar surface area (TPSA) is 110 Å². The Morgan fingerprint density at radius 1 is 0.889 bits per heavy atom. The maximum absolute atomic E-state index is 12.2. The molecule has 7 heteroatoms. The van der Waals surface area contributed by atoms with E-state index >= 15 is 0 Å². The van der Waals surface area contributed by atoms with Crippen molar-refractivity contribution in [2.45, 2.75) is 39.5 Å². The summed E-state index contributed by atoms with van der Waals surface area (Å²) in [5, 5.41) is 24.9. The normalized spacial score (nSPS) is 14.8. The maximum Gasteiger partial charge on any atom is 0.336 e. The summed E-state index contributed by atoms with van der Waals surface area (Å²) in [7, 11) is 0. The van der Waals surface area contributed by atoms with Gasteiger partial charge in [0, 0.05) is 46.6 Å². The molecule has 0 unspecified atom stereocenters. The first-order valence-corrected chi connectivity index (χ1v) is 12.5. The van der Waals surface area contributed by atoms with Crippen LogP contribution in [0, 0.1) is 0 Å².